The zero-order chi connectivity index (χ0) is 103. The number of carbonyl (C=O) groups excluding carboxylic acids is 4. The SMILES string of the molecule is [C-]#[N+][C@H](C)C[C@H]1CC[C@@H]2O[C@@H](/C=C/C(=O)OC)C[C@]2(CO)O1.[C-]#[N+][C@H](C)C[C@H]1CC[C@@H]2O[C@@H](CCC(=O)OC)C[C@]2(CI)O1.[C-]#[N+][C@H](C)C[C@H]1CC[C@@H]2O[C@@H](CCC(=O)OC)C[C@]2(CO)O1.[C-]#[N+][C@H](C)C[C@H]1CC[C@@H]2O[C@@H](CCC(=O)OC)C[C@]2(COS(=O)(=O)C(F)(F)F)O1.[C-]#[N+][C@H](C)C[C@H]1CC[C@@H]2O[C@@H](CCCO)C[C@]2(CI)O1.[C-]#[N+][C@H](C)C[C@H]1CC[C@@H]2O[C@@H]([C@H]3COC4(CCCCC4)O3)C[C@]2(CI)O1. The third-order valence-electron chi connectivity index (χ3n) is 29.8. The van der Waals surface area contributed by atoms with Gasteiger partial charge in [0.1, 0.15) is 39.7 Å². The van der Waals surface area contributed by atoms with Crippen molar-refractivity contribution in [3.63, 3.8) is 0 Å². The van der Waals surface area contributed by atoms with Crippen molar-refractivity contribution < 1.29 is 146 Å². The number of rotatable bonds is 35. The second kappa shape index (κ2) is 56.6. The van der Waals surface area contributed by atoms with E-state index in [9.17, 15) is 51.0 Å². The van der Waals surface area contributed by atoms with Crippen molar-refractivity contribution in [1.29, 1.82) is 0 Å². The Morgan fingerprint density at radius 1 is 0.411 bits per heavy atom. The highest BCUT2D eigenvalue weighted by Gasteiger charge is 2.62. The number of hydrogen-bond donors (Lipinski definition) is 3. The summed E-state index contributed by atoms with van der Waals surface area (Å²) in [7, 11) is -0.444. The Balaban J connectivity index is 0.000000190. The molecular weight excluding hydrogens is 2200 g/mol. The summed E-state index contributed by atoms with van der Waals surface area (Å²) in [5.74, 6) is -1.67. The van der Waals surface area contributed by atoms with Gasteiger partial charge >= 0.3 is 39.5 Å². The highest BCUT2D eigenvalue weighted by Crippen LogP contribution is 2.53. The second-order valence-electron chi connectivity index (χ2n) is 40.5. The van der Waals surface area contributed by atoms with E-state index in [1.807, 2.05) is 34.6 Å². The van der Waals surface area contributed by atoms with Crippen LogP contribution in [0.1, 0.15) is 279 Å². The maximum Gasteiger partial charge on any atom is 0.523 e. The van der Waals surface area contributed by atoms with Crippen molar-refractivity contribution in [1.82, 2.24) is 0 Å². The first-order valence-corrected chi connectivity index (χ1v) is 56.1. The first-order chi connectivity index (χ1) is 67.2. The number of nitrogens with zero attached hydrogens (tertiary/aromatic N) is 6. The monoisotopic (exact) mass is 2350 g/mol. The lowest BCUT2D eigenvalue weighted by atomic mass is 9.85. The van der Waals surface area contributed by atoms with Crippen LogP contribution in [0.4, 0.5) is 13.2 Å². The standard InChI is InChI=1S/C20H30INO4.C17H24F3NO7S.C16H24INO4.C16H25NO5.C16H23NO5.C15H24INO3/c1-14(22-2)10-15-6-7-18-19(13-21,25-15)11-16(24-18)17-12-23-20(26-17)8-4-3-5-9-20;1-11(21-2)8-12-4-6-14-16(28-12,10-26-29(23,24)17(18,19)20)9-13(27-14)5-7-15(22)25-3;1-11(18-2)8-12-4-6-14-16(10-17,22-12)9-13(21-14)5-7-15(19)20-3;2*1-11(17-2)8-12-4-6-14-16(10-18,22-12)9-13(21-14)5-7-15(19)20-3;1-11(17-2)8-12-5-6-14-15(10-16,20-12)9-13(19-14)4-3-7-18/h14-18H,3-13H2,1H3;11-14H,4-10H2,1,3H3;11-14H,4-10H2,1,3H3;11-14,18H,4-10H2,1,3H3;5,7,11-14,18H,4,6,8-10H2,1,3H3;11-14,18H,3-10H2,1H3/b;;;;7-5+;/t14-,15-,16-,17-,18+,19-;4*11-,12-,13+,14+,16-;11-,12-,13+,14+,15-/m111111/s1. The molecule has 34 nitrogen and oxygen atoms in total. The van der Waals surface area contributed by atoms with Crippen LogP contribution in [0.5, 0.6) is 0 Å². The van der Waals surface area contributed by atoms with Crippen LogP contribution >= 0.6 is 67.8 Å². The van der Waals surface area contributed by atoms with Crippen LogP contribution in [0, 0.1) is 39.4 Å². The summed E-state index contributed by atoms with van der Waals surface area (Å²) < 4.78 is 173. The van der Waals surface area contributed by atoms with Gasteiger partial charge in [-0.1, -0.05) is 74.2 Å². The van der Waals surface area contributed by atoms with E-state index in [1.54, 1.807) is 13.0 Å². The van der Waals surface area contributed by atoms with E-state index >= 15 is 0 Å². The lowest BCUT2D eigenvalue weighted by Gasteiger charge is -2.41. The summed E-state index contributed by atoms with van der Waals surface area (Å²) in [5.41, 5.74) is -8.97. The molecule has 0 aromatic heterocycles. The fourth-order valence-electron chi connectivity index (χ4n) is 22.3. The van der Waals surface area contributed by atoms with Crippen LogP contribution in [0.25, 0.3) is 29.1 Å². The summed E-state index contributed by atoms with van der Waals surface area (Å²) in [6, 6.07) is -0.450. The predicted octanol–water partition coefficient (Wildman–Crippen LogP) is 16.2. The lowest BCUT2D eigenvalue weighted by molar-refractivity contribution is -0.199. The third kappa shape index (κ3) is 33.4. The molecular formula is C100H150F3I3N6O28S. The Bertz CT molecular complexity index is 4290. The zero-order valence-corrected chi connectivity index (χ0v) is 90.6. The molecule has 0 aromatic rings. The number of aliphatic hydroxyl groups excluding tert-OH is 3. The fraction of sp³-hybridized carbons (Fsp3) is 0.880. The van der Waals surface area contributed by atoms with Crippen molar-refractivity contribution in [3.05, 3.63) is 80.7 Å². The van der Waals surface area contributed by atoms with Crippen LogP contribution in [0.2, 0.25) is 0 Å². The van der Waals surface area contributed by atoms with Gasteiger partial charge in [0.2, 0.25) is 36.3 Å². The molecule has 13 heterocycles. The maximum atomic E-state index is 12.7. The molecule has 1 spiro atoms. The summed E-state index contributed by atoms with van der Waals surface area (Å²) in [5, 5.41) is 28.6. The number of halogens is 6. The number of carbonyl (C=O) groups is 4. The molecule has 14 fully saturated rings. The van der Waals surface area contributed by atoms with Crippen molar-refractivity contribution >= 4 is 102 Å². The van der Waals surface area contributed by atoms with Gasteiger partial charge < -0.3 is 130 Å². The molecule has 41 heteroatoms. The van der Waals surface area contributed by atoms with E-state index in [2.05, 4.69) is 115 Å². The Morgan fingerprint density at radius 3 is 1.08 bits per heavy atom. The summed E-state index contributed by atoms with van der Waals surface area (Å²) in [6.07, 6.45) is 29.9. The van der Waals surface area contributed by atoms with Gasteiger partial charge in [-0.15, -0.1) is 0 Å². The van der Waals surface area contributed by atoms with Gasteiger partial charge in [-0.3, -0.25) is 18.6 Å². The number of esters is 4. The molecule has 1 saturated carbocycles. The number of aliphatic hydroxyl groups is 3. The van der Waals surface area contributed by atoms with Gasteiger partial charge in [-0.05, 0) is 128 Å². The molecule has 14 aliphatic rings. The third-order valence-corrected chi connectivity index (χ3v) is 34.6. The Morgan fingerprint density at radius 2 is 0.730 bits per heavy atom. The average Bonchev–Trinajstić information content (AvgIpc) is 1.57. The van der Waals surface area contributed by atoms with Crippen LogP contribution < -0.4 is 0 Å². The van der Waals surface area contributed by atoms with Gasteiger partial charge in [0.25, 0.3) is 0 Å². The first kappa shape index (κ1) is 120. The van der Waals surface area contributed by atoms with E-state index in [0.717, 1.165) is 142 Å². The fourth-order valence-corrected chi connectivity index (χ4v) is 25.7. The van der Waals surface area contributed by atoms with E-state index in [-0.39, 0.29) is 208 Å². The smallest absolute Gasteiger partial charge is 0.469 e. The van der Waals surface area contributed by atoms with E-state index in [0.29, 0.717) is 77.2 Å². The van der Waals surface area contributed by atoms with Gasteiger partial charge in [0.05, 0.1) is 165 Å². The maximum absolute atomic E-state index is 12.7. The van der Waals surface area contributed by atoms with E-state index < -0.39 is 69.3 Å². The predicted molar refractivity (Wildman–Crippen MR) is 534 cm³/mol. The minimum absolute atomic E-state index is 0.00421. The summed E-state index contributed by atoms with van der Waals surface area (Å²) in [4.78, 5) is 66.3. The van der Waals surface area contributed by atoms with Crippen LogP contribution in [-0.2, 0) is 119 Å². The van der Waals surface area contributed by atoms with E-state index in [1.165, 1.54) is 53.8 Å². The van der Waals surface area contributed by atoms with Crippen molar-refractivity contribution in [2.45, 2.75) is 476 Å². The molecule has 796 valence electrons. The molecule has 13 saturated heterocycles. The van der Waals surface area contributed by atoms with Crippen molar-refractivity contribution in [3.8, 4) is 0 Å². The minimum atomic E-state index is -5.79. The lowest BCUT2D eigenvalue weighted by Crippen LogP contribution is -2.52. The molecule has 14 rings (SSSR count). The highest BCUT2D eigenvalue weighted by atomic mass is 127. The number of ether oxygens (including phenoxy) is 18. The quantitative estimate of drug-likeness (QED) is 0.00775. The molecule has 13 aliphatic heterocycles. The van der Waals surface area contributed by atoms with Crippen molar-refractivity contribution in [2.75, 3.05) is 74.8 Å². The molecule has 1 aliphatic carbocycles. The van der Waals surface area contributed by atoms with Crippen LogP contribution in [-0.4, -0.2) is 319 Å². The van der Waals surface area contributed by atoms with Crippen LogP contribution in [0.3, 0.4) is 0 Å². The molecule has 31 atom stereocenters. The Kier molecular flexibility index (Phi) is 48.3. The number of methoxy groups -OCH3 is 4. The zero-order valence-electron chi connectivity index (χ0n) is 83.3. The number of fused-ring (bicyclic) bond motifs is 6. The van der Waals surface area contributed by atoms with Gasteiger partial charge in [0, 0.05) is 177 Å². The molecule has 0 aromatic carbocycles. The number of hydrogen-bond acceptors (Lipinski definition) is 28. The summed E-state index contributed by atoms with van der Waals surface area (Å²) >= 11 is 7.21. The van der Waals surface area contributed by atoms with Gasteiger partial charge in [-0.2, -0.15) is 21.6 Å². The largest absolute Gasteiger partial charge is 0.523 e. The Labute approximate surface area is 872 Å². The summed E-state index contributed by atoms with van der Waals surface area (Å²) in [6.45, 7) is 53.8. The van der Waals surface area contributed by atoms with Crippen molar-refractivity contribution in [2.24, 2.45) is 0 Å². The van der Waals surface area contributed by atoms with Gasteiger partial charge in [-0.25, -0.2) is 44.2 Å². The average molecular weight is 2350 g/mol. The molecule has 3 N–H and O–H groups in total. The normalized spacial score (nSPS) is 36.4. The van der Waals surface area contributed by atoms with E-state index in [4.69, 9.17) is 116 Å². The van der Waals surface area contributed by atoms with Crippen LogP contribution in [0.15, 0.2) is 12.2 Å². The minimum Gasteiger partial charge on any atom is -0.469 e. The first-order valence-electron chi connectivity index (χ1n) is 50.2. The topological polar surface area (TPSA) is 365 Å². The Hall–Kier alpha value is -4.23. The molecule has 0 radical (unpaired) electrons. The highest BCUT2D eigenvalue weighted by molar-refractivity contribution is 14.1. The molecule has 141 heavy (non-hydrogen) atoms. The number of alkyl halides is 6. The molecule has 0 bridgehead atoms. The van der Waals surface area contributed by atoms with Gasteiger partial charge in [0.15, 0.2) is 5.79 Å². The second-order valence-corrected chi connectivity index (χ2v) is 44.4. The molecule has 0 unspecified atom stereocenters. The molecule has 0 amide bonds.